The molecule has 1 aromatic carbocycles. The number of benzene rings is 1. The molecule has 3 rings (SSSR count). The largest absolute Gasteiger partial charge is 0.480 e. The van der Waals surface area contributed by atoms with Crippen LogP contribution in [0.3, 0.4) is 0 Å². The summed E-state index contributed by atoms with van der Waals surface area (Å²) in [4.78, 5) is 20.3. The first-order chi connectivity index (χ1) is 11.1. The molecule has 23 heavy (non-hydrogen) atoms. The van der Waals surface area contributed by atoms with E-state index in [9.17, 15) is 9.90 Å². The van der Waals surface area contributed by atoms with Crippen LogP contribution < -0.4 is 5.32 Å². The second-order valence-electron chi connectivity index (χ2n) is 6.26. The molecular formula is C18H21N3O2. The molecule has 0 radical (unpaired) electrons. The van der Waals surface area contributed by atoms with Crippen molar-refractivity contribution >= 4 is 11.8 Å². The zero-order valence-electron chi connectivity index (χ0n) is 13.4. The predicted molar refractivity (Wildman–Crippen MR) is 89.4 cm³/mol. The van der Waals surface area contributed by atoms with Crippen molar-refractivity contribution in [2.24, 2.45) is 5.92 Å². The van der Waals surface area contributed by atoms with E-state index in [0.717, 1.165) is 36.1 Å². The number of nitrogens with zero attached hydrogens (tertiary/aromatic N) is 2. The first-order valence-corrected chi connectivity index (χ1v) is 7.99. The zero-order chi connectivity index (χ0) is 16.4. The Hall–Kier alpha value is -2.43. The van der Waals surface area contributed by atoms with Crippen molar-refractivity contribution in [3.8, 4) is 11.3 Å². The summed E-state index contributed by atoms with van der Waals surface area (Å²) in [7, 11) is 0. The van der Waals surface area contributed by atoms with E-state index in [0.29, 0.717) is 5.82 Å². The second kappa shape index (κ2) is 6.36. The number of carboxylic acid groups (broad SMARTS) is 1. The molecule has 1 aliphatic carbocycles. The van der Waals surface area contributed by atoms with Gasteiger partial charge in [0.25, 0.3) is 0 Å². The van der Waals surface area contributed by atoms with Gasteiger partial charge in [0.15, 0.2) is 0 Å². The molecule has 0 fully saturated rings. The van der Waals surface area contributed by atoms with Crippen molar-refractivity contribution in [3.63, 3.8) is 0 Å². The second-order valence-corrected chi connectivity index (χ2v) is 6.26. The lowest BCUT2D eigenvalue weighted by molar-refractivity contribution is -0.138. The number of hydrogen-bond acceptors (Lipinski definition) is 4. The minimum Gasteiger partial charge on any atom is -0.480 e. The molecule has 0 aliphatic heterocycles. The summed E-state index contributed by atoms with van der Waals surface area (Å²) in [5, 5.41) is 12.5. The number of anilines is 1. The SMILES string of the molecule is CC(C)C(Nc1ncnc2c1CCCc1ccccc1-2)C(=O)O. The number of fused-ring (bicyclic) bond motifs is 3. The van der Waals surface area contributed by atoms with Gasteiger partial charge >= 0.3 is 5.97 Å². The molecule has 5 nitrogen and oxygen atoms in total. The van der Waals surface area contributed by atoms with E-state index >= 15 is 0 Å². The third-order valence-electron chi connectivity index (χ3n) is 4.32. The van der Waals surface area contributed by atoms with E-state index in [-0.39, 0.29) is 5.92 Å². The Bertz CT molecular complexity index is 728. The maximum absolute atomic E-state index is 11.5. The van der Waals surface area contributed by atoms with Crippen molar-refractivity contribution in [2.45, 2.75) is 39.2 Å². The van der Waals surface area contributed by atoms with Gasteiger partial charge in [-0.15, -0.1) is 0 Å². The number of aryl methyl sites for hydroxylation is 1. The molecule has 1 aliphatic rings. The van der Waals surface area contributed by atoms with Gasteiger partial charge < -0.3 is 10.4 Å². The number of carbonyl (C=O) groups is 1. The van der Waals surface area contributed by atoms with Crippen LogP contribution in [0.1, 0.15) is 31.4 Å². The Kier molecular flexibility index (Phi) is 4.28. The fourth-order valence-corrected chi connectivity index (χ4v) is 3.09. The summed E-state index contributed by atoms with van der Waals surface area (Å²) in [6.07, 6.45) is 4.37. The average Bonchev–Trinajstić information content (AvgIpc) is 2.72. The highest BCUT2D eigenvalue weighted by molar-refractivity contribution is 5.79. The highest BCUT2D eigenvalue weighted by atomic mass is 16.4. The zero-order valence-corrected chi connectivity index (χ0v) is 13.4. The summed E-state index contributed by atoms with van der Waals surface area (Å²) in [6, 6.07) is 7.61. The first kappa shape index (κ1) is 15.5. The van der Waals surface area contributed by atoms with Crippen LogP contribution in [0.15, 0.2) is 30.6 Å². The first-order valence-electron chi connectivity index (χ1n) is 7.99. The number of aliphatic carboxylic acids is 1. The minimum atomic E-state index is -0.860. The van der Waals surface area contributed by atoms with Gasteiger partial charge in [0.05, 0.1) is 5.69 Å². The minimum absolute atomic E-state index is 0.0313. The number of hydrogen-bond donors (Lipinski definition) is 2. The maximum atomic E-state index is 11.5. The van der Waals surface area contributed by atoms with E-state index in [1.54, 1.807) is 0 Å². The van der Waals surface area contributed by atoms with Gasteiger partial charge in [-0.3, -0.25) is 0 Å². The van der Waals surface area contributed by atoms with Gasteiger partial charge in [0, 0.05) is 11.1 Å². The quantitative estimate of drug-likeness (QED) is 0.907. The molecule has 5 heteroatoms. The molecule has 120 valence electrons. The Morgan fingerprint density at radius 3 is 2.74 bits per heavy atom. The van der Waals surface area contributed by atoms with Crippen LogP contribution >= 0.6 is 0 Å². The van der Waals surface area contributed by atoms with Gasteiger partial charge in [-0.05, 0) is 30.7 Å². The monoisotopic (exact) mass is 311 g/mol. The Morgan fingerprint density at radius 2 is 2.00 bits per heavy atom. The van der Waals surface area contributed by atoms with Crippen molar-refractivity contribution in [1.29, 1.82) is 0 Å². The van der Waals surface area contributed by atoms with Gasteiger partial charge in [-0.25, -0.2) is 14.8 Å². The third-order valence-corrected chi connectivity index (χ3v) is 4.32. The van der Waals surface area contributed by atoms with E-state index in [1.807, 2.05) is 26.0 Å². The molecule has 1 heterocycles. The molecule has 0 amide bonds. The highest BCUT2D eigenvalue weighted by Gasteiger charge is 2.25. The van der Waals surface area contributed by atoms with Crippen molar-refractivity contribution < 1.29 is 9.90 Å². The Balaban J connectivity index is 2.05. The van der Waals surface area contributed by atoms with Gasteiger partial charge in [-0.2, -0.15) is 0 Å². The molecule has 2 N–H and O–H groups in total. The number of carboxylic acids is 1. The maximum Gasteiger partial charge on any atom is 0.326 e. The summed E-state index contributed by atoms with van der Waals surface area (Å²) in [5.41, 5.74) is 4.35. The van der Waals surface area contributed by atoms with E-state index in [4.69, 9.17) is 0 Å². The van der Waals surface area contributed by atoms with E-state index in [1.165, 1.54) is 11.9 Å². The molecule has 2 aromatic rings. The van der Waals surface area contributed by atoms with Crippen molar-refractivity contribution in [2.75, 3.05) is 5.32 Å². The van der Waals surface area contributed by atoms with Crippen LogP contribution in [0, 0.1) is 5.92 Å². The molecule has 0 bridgehead atoms. The molecule has 0 saturated carbocycles. The molecule has 1 atom stereocenters. The fourth-order valence-electron chi connectivity index (χ4n) is 3.09. The van der Waals surface area contributed by atoms with Gasteiger partial charge in [-0.1, -0.05) is 38.1 Å². The summed E-state index contributed by atoms with van der Waals surface area (Å²) < 4.78 is 0. The smallest absolute Gasteiger partial charge is 0.326 e. The van der Waals surface area contributed by atoms with Crippen LogP contribution in [0.2, 0.25) is 0 Å². The Labute approximate surface area is 135 Å². The lowest BCUT2D eigenvalue weighted by atomic mass is 10.0. The summed E-state index contributed by atoms with van der Waals surface area (Å²) in [6.45, 7) is 3.78. The molecule has 0 spiro atoms. The van der Waals surface area contributed by atoms with E-state index in [2.05, 4.69) is 27.4 Å². The molecular weight excluding hydrogens is 290 g/mol. The summed E-state index contributed by atoms with van der Waals surface area (Å²) >= 11 is 0. The van der Waals surface area contributed by atoms with Crippen LogP contribution in [-0.2, 0) is 17.6 Å². The lowest BCUT2D eigenvalue weighted by Crippen LogP contribution is -2.35. The van der Waals surface area contributed by atoms with Crippen molar-refractivity contribution in [1.82, 2.24) is 9.97 Å². The van der Waals surface area contributed by atoms with Crippen LogP contribution in [0.4, 0.5) is 5.82 Å². The molecule has 0 saturated heterocycles. The van der Waals surface area contributed by atoms with E-state index < -0.39 is 12.0 Å². The van der Waals surface area contributed by atoms with Crippen LogP contribution in [0.5, 0.6) is 0 Å². The highest BCUT2D eigenvalue weighted by Crippen LogP contribution is 2.33. The van der Waals surface area contributed by atoms with Gasteiger partial charge in [0.1, 0.15) is 18.2 Å². The topological polar surface area (TPSA) is 75.1 Å². The normalized spacial score (nSPS) is 14.6. The van der Waals surface area contributed by atoms with Gasteiger partial charge in [0.2, 0.25) is 0 Å². The molecule has 1 aromatic heterocycles. The number of aromatic nitrogens is 2. The summed E-state index contributed by atoms with van der Waals surface area (Å²) in [5.74, 6) is -0.245. The number of nitrogens with one attached hydrogen (secondary N) is 1. The predicted octanol–water partition coefficient (Wildman–Crippen LogP) is 3.15. The van der Waals surface area contributed by atoms with Crippen molar-refractivity contribution in [3.05, 3.63) is 41.7 Å². The lowest BCUT2D eigenvalue weighted by Gasteiger charge is -2.21. The standard InChI is InChI=1S/C18H21N3O2/c1-11(2)15(18(22)23)21-17-14-9-5-7-12-6-3-4-8-13(12)16(14)19-10-20-17/h3-4,6,8,10-11,15H,5,7,9H2,1-2H3,(H,22,23)(H,19,20,21). The third kappa shape index (κ3) is 3.04. The van der Waals surface area contributed by atoms with Crippen LogP contribution in [-0.4, -0.2) is 27.1 Å². The van der Waals surface area contributed by atoms with Crippen LogP contribution in [0.25, 0.3) is 11.3 Å². The fraction of sp³-hybridized carbons (Fsp3) is 0.389. The number of rotatable bonds is 4. The molecule has 1 unspecified atom stereocenters. The Morgan fingerprint density at radius 1 is 1.22 bits per heavy atom. The average molecular weight is 311 g/mol.